The highest BCUT2D eigenvalue weighted by atomic mass is 16.4. The summed E-state index contributed by atoms with van der Waals surface area (Å²) in [6.07, 6.45) is 5.52. The molecule has 2 rings (SSSR count). The first kappa shape index (κ1) is 11.3. The maximum absolute atomic E-state index is 10.7. The zero-order chi connectivity index (χ0) is 12.3. The molecule has 0 bridgehead atoms. The number of pyridine rings is 1. The van der Waals surface area contributed by atoms with Gasteiger partial charge in [0.1, 0.15) is 5.82 Å². The molecule has 88 valence electrons. The first-order valence-electron chi connectivity index (χ1n) is 5.34. The van der Waals surface area contributed by atoms with Gasteiger partial charge in [-0.15, -0.1) is 0 Å². The smallest absolute Gasteiger partial charge is 0.306 e. The lowest BCUT2D eigenvalue weighted by Crippen LogP contribution is -2.12. The summed E-state index contributed by atoms with van der Waals surface area (Å²) in [5.74, 6) is -0.565. The van der Waals surface area contributed by atoms with Gasteiger partial charge in [0.25, 0.3) is 0 Å². The fourth-order valence-corrected chi connectivity index (χ4v) is 1.52. The van der Waals surface area contributed by atoms with Gasteiger partial charge >= 0.3 is 5.97 Å². The van der Waals surface area contributed by atoms with Crippen LogP contribution in [0.1, 0.15) is 12.7 Å². The van der Waals surface area contributed by atoms with E-state index in [1.54, 1.807) is 25.5 Å². The molecule has 0 aromatic carbocycles. The highest BCUT2D eigenvalue weighted by molar-refractivity contribution is 5.69. The lowest BCUT2D eigenvalue weighted by molar-refractivity contribution is -0.141. The van der Waals surface area contributed by atoms with Gasteiger partial charge in [0.15, 0.2) is 0 Å². The molecule has 1 atom stereocenters. The van der Waals surface area contributed by atoms with E-state index >= 15 is 0 Å². The Bertz CT molecular complexity index is 507. The topological polar surface area (TPSA) is 78.9 Å². The largest absolute Gasteiger partial charge is 0.481 e. The van der Waals surface area contributed by atoms with Crippen LogP contribution in [0, 0.1) is 5.92 Å². The molecule has 1 unspecified atom stereocenters. The highest BCUT2D eigenvalue weighted by Gasteiger charge is 2.13. The summed E-state index contributed by atoms with van der Waals surface area (Å²) in [5.41, 5.74) is 1.86. The third-order valence-corrected chi connectivity index (χ3v) is 2.54. The van der Waals surface area contributed by atoms with Crippen molar-refractivity contribution < 1.29 is 9.90 Å². The Morgan fingerprint density at radius 1 is 1.47 bits per heavy atom. The fraction of sp³-hybridized carbons (Fsp3) is 0.250. The Kier molecular flexibility index (Phi) is 3.18. The predicted octanol–water partition coefficient (Wildman–Crippen LogP) is 1.73. The van der Waals surface area contributed by atoms with Crippen LogP contribution in [-0.2, 0) is 11.2 Å². The van der Waals surface area contributed by atoms with Gasteiger partial charge in [-0.1, -0.05) is 6.92 Å². The number of carboxylic acids is 1. The van der Waals surface area contributed by atoms with E-state index in [1.807, 2.05) is 12.1 Å². The molecule has 0 fully saturated rings. The van der Waals surface area contributed by atoms with Crippen LogP contribution in [0.3, 0.4) is 0 Å². The first-order valence-corrected chi connectivity index (χ1v) is 5.34. The van der Waals surface area contributed by atoms with Gasteiger partial charge < -0.3 is 10.1 Å². The van der Waals surface area contributed by atoms with Crippen molar-refractivity contribution in [3.63, 3.8) is 0 Å². The maximum Gasteiger partial charge on any atom is 0.306 e. The Morgan fingerprint density at radius 2 is 2.18 bits per heavy atom. The lowest BCUT2D eigenvalue weighted by Gasteiger charge is -2.02. The summed E-state index contributed by atoms with van der Waals surface area (Å²) < 4.78 is 0. The van der Waals surface area contributed by atoms with Gasteiger partial charge in [-0.3, -0.25) is 9.78 Å². The SMILES string of the molecule is CC(Cc1ncc(-c2ccncc2)[nH]1)C(=O)O. The number of carbonyl (C=O) groups is 1. The van der Waals surface area contributed by atoms with E-state index in [2.05, 4.69) is 15.0 Å². The summed E-state index contributed by atoms with van der Waals surface area (Å²) in [5, 5.41) is 8.82. The fourth-order valence-electron chi connectivity index (χ4n) is 1.52. The van der Waals surface area contributed by atoms with E-state index in [9.17, 15) is 4.79 Å². The summed E-state index contributed by atoms with van der Waals surface area (Å²) >= 11 is 0. The van der Waals surface area contributed by atoms with Crippen LogP contribution in [-0.4, -0.2) is 26.0 Å². The van der Waals surface area contributed by atoms with Gasteiger partial charge in [0.05, 0.1) is 17.8 Å². The van der Waals surface area contributed by atoms with Crippen molar-refractivity contribution in [1.29, 1.82) is 0 Å². The van der Waals surface area contributed by atoms with Crippen molar-refractivity contribution in [1.82, 2.24) is 15.0 Å². The molecular formula is C12H13N3O2. The molecule has 5 heteroatoms. The molecule has 2 aromatic heterocycles. The van der Waals surface area contributed by atoms with Crippen LogP contribution < -0.4 is 0 Å². The molecule has 0 radical (unpaired) electrons. The van der Waals surface area contributed by atoms with E-state index in [0.717, 1.165) is 11.3 Å². The number of aromatic nitrogens is 3. The van der Waals surface area contributed by atoms with Crippen LogP contribution in [0.5, 0.6) is 0 Å². The Labute approximate surface area is 98.6 Å². The zero-order valence-corrected chi connectivity index (χ0v) is 9.42. The summed E-state index contributed by atoms with van der Waals surface area (Å²) in [6, 6.07) is 3.75. The normalized spacial score (nSPS) is 12.3. The zero-order valence-electron chi connectivity index (χ0n) is 9.42. The number of rotatable bonds is 4. The van der Waals surface area contributed by atoms with E-state index in [1.165, 1.54) is 0 Å². The van der Waals surface area contributed by atoms with Crippen LogP contribution in [0.25, 0.3) is 11.3 Å². The number of aliphatic carboxylic acids is 1. The van der Waals surface area contributed by atoms with Crippen molar-refractivity contribution in [2.45, 2.75) is 13.3 Å². The van der Waals surface area contributed by atoms with Gasteiger partial charge in [0, 0.05) is 24.4 Å². The first-order chi connectivity index (χ1) is 8.16. The number of nitrogens with one attached hydrogen (secondary N) is 1. The molecule has 0 aliphatic rings. The van der Waals surface area contributed by atoms with E-state index in [0.29, 0.717) is 12.2 Å². The number of aromatic amines is 1. The Balaban J connectivity index is 2.14. The van der Waals surface area contributed by atoms with Crippen molar-refractivity contribution in [3.8, 4) is 11.3 Å². The molecule has 2 N–H and O–H groups in total. The monoisotopic (exact) mass is 231 g/mol. The van der Waals surface area contributed by atoms with Crippen LogP contribution >= 0.6 is 0 Å². The van der Waals surface area contributed by atoms with Gasteiger partial charge in [-0.25, -0.2) is 4.98 Å². The van der Waals surface area contributed by atoms with Crippen LogP contribution in [0.15, 0.2) is 30.7 Å². The second-order valence-corrected chi connectivity index (χ2v) is 3.92. The van der Waals surface area contributed by atoms with Gasteiger partial charge in [-0.05, 0) is 12.1 Å². The molecule has 0 aliphatic carbocycles. The minimum absolute atomic E-state index is 0.403. The third-order valence-electron chi connectivity index (χ3n) is 2.54. The number of carboxylic acid groups (broad SMARTS) is 1. The molecule has 5 nitrogen and oxygen atoms in total. The molecule has 2 heterocycles. The van der Waals surface area contributed by atoms with Gasteiger partial charge in [0.2, 0.25) is 0 Å². The predicted molar refractivity (Wildman–Crippen MR) is 62.3 cm³/mol. The third kappa shape index (κ3) is 2.69. The van der Waals surface area contributed by atoms with Crippen molar-refractivity contribution in [2.24, 2.45) is 5.92 Å². The van der Waals surface area contributed by atoms with Crippen molar-refractivity contribution in [3.05, 3.63) is 36.5 Å². The number of imidazole rings is 1. The standard InChI is InChI=1S/C12H13N3O2/c1-8(12(16)17)6-11-14-7-10(15-11)9-2-4-13-5-3-9/h2-5,7-8H,6H2,1H3,(H,14,15)(H,16,17). The van der Waals surface area contributed by atoms with Gasteiger partial charge in [-0.2, -0.15) is 0 Å². The maximum atomic E-state index is 10.7. The molecule has 17 heavy (non-hydrogen) atoms. The quantitative estimate of drug-likeness (QED) is 0.840. The highest BCUT2D eigenvalue weighted by Crippen LogP contribution is 2.16. The Hall–Kier alpha value is -2.17. The number of nitrogens with zero attached hydrogens (tertiary/aromatic N) is 2. The van der Waals surface area contributed by atoms with E-state index in [4.69, 9.17) is 5.11 Å². The van der Waals surface area contributed by atoms with E-state index in [-0.39, 0.29) is 0 Å². The summed E-state index contributed by atoms with van der Waals surface area (Å²) in [7, 11) is 0. The summed E-state index contributed by atoms with van der Waals surface area (Å²) in [6.45, 7) is 1.66. The average Bonchev–Trinajstić information content (AvgIpc) is 2.78. The van der Waals surface area contributed by atoms with Crippen LogP contribution in [0.2, 0.25) is 0 Å². The second kappa shape index (κ2) is 4.78. The average molecular weight is 231 g/mol. The molecular weight excluding hydrogens is 218 g/mol. The van der Waals surface area contributed by atoms with Crippen molar-refractivity contribution in [2.75, 3.05) is 0 Å². The minimum atomic E-state index is -0.813. The molecule has 0 spiro atoms. The molecule has 0 saturated carbocycles. The Morgan fingerprint density at radius 3 is 2.82 bits per heavy atom. The lowest BCUT2D eigenvalue weighted by atomic mass is 10.1. The molecule has 0 saturated heterocycles. The minimum Gasteiger partial charge on any atom is -0.481 e. The van der Waals surface area contributed by atoms with Crippen LogP contribution in [0.4, 0.5) is 0 Å². The summed E-state index contributed by atoms with van der Waals surface area (Å²) in [4.78, 5) is 22.0. The molecule has 2 aromatic rings. The molecule has 0 amide bonds. The number of hydrogen-bond acceptors (Lipinski definition) is 3. The number of H-pyrrole nitrogens is 1. The molecule has 0 aliphatic heterocycles. The van der Waals surface area contributed by atoms with E-state index < -0.39 is 11.9 Å². The second-order valence-electron chi connectivity index (χ2n) is 3.92. The number of hydrogen-bond donors (Lipinski definition) is 2. The van der Waals surface area contributed by atoms with Crippen molar-refractivity contribution >= 4 is 5.97 Å².